The molecular formula is C11H17ClNO2P. The summed E-state index contributed by atoms with van der Waals surface area (Å²) in [6.07, 6.45) is 6.30. The van der Waals surface area contributed by atoms with Crippen LogP contribution in [-0.2, 0) is 9.32 Å². The molecule has 0 aromatic heterocycles. The van der Waals surface area contributed by atoms with Gasteiger partial charge in [-0.15, -0.1) is 0 Å². The van der Waals surface area contributed by atoms with Crippen LogP contribution in [0.3, 0.4) is 0 Å². The molecular weight excluding hydrogens is 245 g/mol. The van der Waals surface area contributed by atoms with Crippen LogP contribution in [0.1, 0.15) is 26.2 Å². The van der Waals surface area contributed by atoms with Crippen molar-refractivity contribution in [1.82, 2.24) is 5.09 Å². The van der Waals surface area contributed by atoms with Gasteiger partial charge in [-0.1, -0.05) is 24.6 Å². The molecule has 0 fully saturated rings. The molecule has 5 heteroatoms. The predicted molar refractivity (Wildman–Crippen MR) is 68.5 cm³/mol. The molecule has 1 unspecified atom stereocenters. The Hall–Kier alpha value is -0.370. The maximum atomic E-state index is 11.1. The second kappa shape index (κ2) is 7.05. The second-order valence-corrected chi connectivity index (χ2v) is 5.48. The second-order valence-electron chi connectivity index (χ2n) is 3.53. The smallest absolute Gasteiger partial charge is 0.158 e. The van der Waals surface area contributed by atoms with Gasteiger partial charge in [0.25, 0.3) is 0 Å². The minimum atomic E-state index is -0.833. The van der Waals surface area contributed by atoms with Crippen molar-refractivity contribution in [3.05, 3.63) is 22.9 Å². The van der Waals surface area contributed by atoms with E-state index in [1.165, 1.54) is 0 Å². The fourth-order valence-electron chi connectivity index (χ4n) is 1.20. The molecule has 1 atom stereocenters. The van der Waals surface area contributed by atoms with Gasteiger partial charge in [-0.05, 0) is 18.9 Å². The third-order valence-corrected chi connectivity index (χ3v) is 3.64. The monoisotopic (exact) mass is 261 g/mol. The highest BCUT2D eigenvalue weighted by molar-refractivity contribution is 7.49. The van der Waals surface area contributed by atoms with Gasteiger partial charge in [0, 0.05) is 13.1 Å². The summed E-state index contributed by atoms with van der Waals surface area (Å²) in [5.74, 6) is 0.926. The minimum Gasteiger partial charge on any atom is -0.457 e. The number of hydrogen-bond donors (Lipinski definition) is 1. The number of ketones is 1. The molecule has 3 nitrogen and oxygen atoms in total. The van der Waals surface area contributed by atoms with Gasteiger partial charge >= 0.3 is 0 Å². The minimum absolute atomic E-state index is 0.192. The molecule has 90 valence electrons. The Bertz CT molecular complexity index is 315. The van der Waals surface area contributed by atoms with E-state index in [9.17, 15) is 4.79 Å². The number of rotatable bonds is 6. The molecule has 1 aliphatic rings. The molecule has 0 saturated heterocycles. The van der Waals surface area contributed by atoms with E-state index in [0.717, 1.165) is 23.6 Å². The lowest BCUT2D eigenvalue weighted by Crippen LogP contribution is -2.18. The van der Waals surface area contributed by atoms with Crippen LogP contribution in [0.5, 0.6) is 0 Å². The first-order valence-corrected chi connectivity index (χ1v) is 7.44. The average Bonchev–Trinajstić information content (AvgIpc) is 2.29. The van der Waals surface area contributed by atoms with Crippen LogP contribution < -0.4 is 5.09 Å². The summed E-state index contributed by atoms with van der Waals surface area (Å²) in [5, 5.41) is 3.83. The molecule has 1 aliphatic carbocycles. The van der Waals surface area contributed by atoms with E-state index in [0.29, 0.717) is 13.0 Å². The highest BCUT2D eigenvalue weighted by atomic mass is 35.5. The van der Waals surface area contributed by atoms with Crippen molar-refractivity contribution >= 4 is 25.7 Å². The Labute approximate surface area is 103 Å². The standard InChI is InChI=1S/C11H17ClNO2P/c1-3-9(14)8-13-16(2)15-11-7-5-4-6-10(11)12/h5,7,13H,3-4,6,8H2,1-2H3. The highest BCUT2D eigenvalue weighted by Gasteiger charge is 2.11. The Morgan fingerprint density at radius 2 is 2.44 bits per heavy atom. The van der Waals surface area contributed by atoms with Gasteiger partial charge in [0.05, 0.1) is 11.6 Å². The van der Waals surface area contributed by atoms with Gasteiger partial charge in [0.1, 0.15) is 11.5 Å². The highest BCUT2D eigenvalue weighted by Crippen LogP contribution is 2.35. The van der Waals surface area contributed by atoms with Crippen LogP contribution >= 0.6 is 19.9 Å². The van der Waals surface area contributed by atoms with Crippen molar-refractivity contribution in [2.24, 2.45) is 0 Å². The van der Waals surface area contributed by atoms with E-state index < -0.39 is 8.30 Å². The number of Topliss-reactive ketones (excluding diaryl/α,β-unsaturated/α-hetero) is 1. The van der Waals surface area contributed by atoms with Gasteiger partial charge in [-0.3, -0.25) is 9.88 Å². The largest absolute Gasteiger partial charge is 0.457 e. The van der Waals surface area contributed by atoms with Gasteiger partial charge in [-0.25, -0.2) is 0 Å². The topological polar surface area (TPSA) is 38.3 Å². The molecule has 0 bridgehead atoms. The summed E-state index contributed by atoms with van der Waals surface area (Å²) in [4.78, 5) is 11.1. The Balaban J connectivity index is 2.36. The van der Waals surface area contributed by atoms with E-state index in [1.54, 1.807) is 0 Å². The number of hydrogen-bond acceptors (Lipinski definition) is 3. The van der Waals surface area contributed by atoms with Crippen LogP contribution in [0.2, 0.25) is 0 Å². The average molecular weight is 262 g/mol. The summed E-state index contributed by atoms with van der Waals surface area (Å²) in [5.41, 5.74) is 0. The number of carbonyl (C=O) groups is 1. The summed E-state index contributed by atoms with van der Waals surface area (Å²) < 4.78 is 5.66. The van der Waals surface area contributed by atoms with Crippen LogP contribution in [0, 0.1) is 0 Å². The molecule has 0 heterocycles. The summed E-state index contributed by atoms with van der Waals surface area (Å²) in [6.45, 7) is 4.15. The normalized spacial score (nSPS) is 17.4. The quantitative estimate of drug-likeness (QED) is 0.746. The molecule has 0 spiro atoms. The zero-order valence-electron chi connectivity index (χ0n) is 9.62. The van der Waals surface area contributed by atoms with Crippen LogP contribution in [0.25, 0.3) is 0 Å². The van der Waals surface area contributed by atoms with E-state index >= 15 is 0 Å². The fraction of sp³-hybridized carbons (Fsp3) is 0.545. The van der Waals surface area contributed by atoms with Crippen molar-refractivity contribution in [3.8, 4) is 0 Å². The zero-order chi connectivity index (χ0) is 12.0. The zero-order valence-corrected chi connectivity index (χ0v) is 11.3. The van der Waals surface area contributed by atoms with Gasteiger partial charge < -0.3 is 4.52 Å². The molecule has 0 aromatic carbocycles. The number of carbonyl (C=O) groups excluding carboxylic acids is 1. The van der Waals surface area contributed by atoms with Crippen LogP contribution in [0.15, 0.2) is 22.9 Å². The van der Waals surface area contributed by atoms with E-state index in [-0.39, 0.29) is 5.78 Å². The lowest BCUT2D eigenvalue weighted by Gasteiger charge is -2.18. The first kappa shape index (κ1) is 13.7. The van der Waals surface area contributed by atoms with E-state index in [2.05, 4.69) is 5.09 Å². The van der Waals surface area contributed by atoms with E-state index in [4.69, 9.17) is 16.1 Å². The van der Waals surface area contributed by atoms with Crippen molar-refractivity contribution in [2.75, 3.05) is 13.2 Å². The third kappa shape index (κ3) is 4.65. The number of halogens is 1. The van der Waals surface area contributed by atoms with Crippen LogP contribution in [0.4, 0.5) is 0 Å². The number of nitrogens with one attached hydrogen (secondary N) is 1. The van der Waals surface area contributed by atoms with E-state index in [1.807, 2.05) is 25.7 Å². The lowest BCUT2D eigenvalue weighted by molar-refractivity contribution is -0.117. The van der Waals surface area contributed by atoms with Gasteiger partial charge in [0.2, 0.25) is 0 Å². The molecule has 0 saturated carbocycles. The maximum absolute atomic E-state index is 11.1. The van der Waals surface area contributed by atoms with Crippen molar-refractivity contribution in [1.29, 1.82) is 0 Å². The van der Waals surface area contributed by atoms with Crippen molar-refractivity contribution in [3.63, 3.8) is 0 Å². The third-order valence-electron chi connectivity index (χ3n) is 2.20. The maximum Gasteiger partial charge on any atom is 0.158 e. The Kier molecular flexibility index (Phi) is 6.04. The predicted octanol–water partition coefficient (Wildman–Crippen LogP) is 3.31. The first-order chi connectivity index (χ1) is 7.63. The van der Waals surface area contributed by atoms with Crippen molar-refractivity contribution in [2.45, 2.75) is 26.2 Å². The molecule has 0 amide bonds. The fourth-order valence-corrected chi connectivity index (χ4v) is 2.39. The number of allylic oxidation sites excluding steroid dienone is 3. The molecule has 0 aliphatic heterocycles. The molecule has 16 heavy (non-hydrogen) atoms. The molecule has 1 rings (SSSR count). The summed E-state index contributed by atoms with van der Waals surface area (Å²) in [7, 11) is -0.833. The molecule has 0 radical (unpaired) electrons. The van der Waals surface area contributed by atoms with Crippen molar-refractivity contribution < 1.29 is 9.32 Å². The molecule has 1 N–H and O–H groups in total. The Morgan fingerprint density at radius 1 is 1.69 bits per heavy atom. The SMILES string of the molecule is CCC(=O)CNP(C)OC1=C(Cl)CCC=C1. The first-order valence-electron chi connectivity index (χ1n) is 5.35. The molecule has 0 aromatic rings. The summed E-state index contributed by atoms with van der Waals surface area (Å²) in [6, 6.07) is 0. The Morgan fingerprint density at radius 3 is 3.06 bits per heavy atom. The van der Waals surface area contributed by atoms with Gasteiger partial charge in [0.15, 0.2) is 8.30 Å². The van der Waals surface area contributed by atoms with Crippen LogP contribution in [-0.4, -0.2) is 19.0 Å². The lowest BCUT2D eigenvalue weighted by atomic mass is 10.2. The van der Waals surface area contributed by atoms with Gasteiger partial charge in [-0.2, -0.15) is 0 Å². The summed E-state index contributed by atoms with van der Waals surface area (Å²) >= 11 is 6.04.